The molecule has 0 spiro atoms. The molecule has 1 heterocycles. The summed E-state index contributed by atoms with van der Waals surface area (Å²) in [5, 5.41) is 0. The molecule has 1 fully saturated rings. The van der Waals surface area contributed by atoms with E-state index in [2.05, 4.69) is 41.2 Å². The van der Waals surface area contributed by atoms with Gasteiger partial charge < -0.3 is 9.47 Å². The Morgan fingerprint density at radius 2 is 1.86 bits per heavy atom. The van der Waals surface area contributed by atoms with Gasteiger partial charge >= 0.3 is 0 Å². The number of hydrogen-bond donors (Lipinski definition) is 0. The van der Waals surface area contributed by atoms with E-state index in [4.69, 9.17) is 9.47 Å². The fraction of sp³-hybridized carbons (Fsp3) is 0.833. The molecule has 3 atom stereocenters. The summed E-state index contributed by atoms with van der Waals surface area (Å²) in [6.45, 7) is 14.4. The molecule has 0 bridgehead atoms. The molecule has 0 N–H and O–H groups in total. The second-order valence-electron chi connectivity index (χ2n) is 4.72. The molecule has 14 heavy (non-hydrogen) atoms. The maximum Gasteiger partial charge on any atom is 0.161 e. The Morgan fingerprint density at radius 3 is 2.07 bits per heavy atom. The first-order valence-electron chi connectivity index (χ1n) is 5.41. The fourth-order valence-corrected chi connectivity index (χ4v) is 1.98. The molecule has 0 unspecified atom stereocenters. The lowest BCUT2D eigenvalue weighted by Crippen LogP contribution is -2.41. The maximum absolute atomic E-state index is 5.99. The van der Waals surface area contributed by atoms with Gasteiger partial charge in [-0.25, -0.2) is 0 Å². The van der Waals surface area contributed by atoms with Crippen molar-refractivity contribution in [1.82, 2.24) is 0 Å². The summed E-state index contributed by atoms with van der Waals surface area (Å²) in [5.41, 5.74) is -0.311. The van der Waals surface area contributed by atoms with Crippen LogP contribution in [0.4, 0.5) is 0 Å². The second kappa shape index (κ2) is 4.03. The van der Waals surface area contributed by atoms with Crippen LogP contribution >= 0.6 is 0 Å². The van der Waals surface area contributed by atoms with E-state index in [0.29, 0.717) is 11.8 Å². The zero-order valence-corrected chi connectivity index (χ0v) is 9.91. The first kappa shape index (κ1) is 11.7. The van der Waals surface area contributed by atoms with Crippen molar-refractivity contribution in [3.8, 4) is 0 Å². The summed E-state index contributed by atoms with van der Waals surface area (Å²) in [4.78, 5) is 0. The topological polar surface area (TPSA) is 18.5 Å². The third kappa shape index (κ3) is 1.73. The number of ether oxygens (including phenoxy) is 2. The molecule has 1 aliphatic rings. The Balaban J connectivity index is 2.85. The summed E-state index contributed by atoms with van der Waals surface area (Å²) >= 11 is 0. The highest BCUT2D eigenvalue weighted by Gasteiger charge is 2.48. The van der Waals surface area contributed by atoms with Crippen LogP contribution in [0.1, 0.15) is 34.6 Å². The van der Waals surface area contributed by atoms with Gasteiger partial charge in [0.1, 0.15) is 5.60 Å². The van der Waals surface area contributed by atoms with Crippen LogP contribution in [-0.4, -0.2) is 18.0 Å². The largest absolute Gasteiger partial charge is 0.346 e. The van der Waals surface area contributed by atoms with E-state index in [1.54, 1.807) is 0 Å². The summed E-state index contributed by atoms with van der Waals surface area (Å²) in [6.07, 6.45) is 1.89. The molecule has 1 rings (SSSR count). The third-order valence-corrected chi connectivity index (χ3v) is 3.06. The lowest BCUT2D eigenvalue weighted by Gasteiger charge is -2.31. The predicted molar refractivity (Wildman–Crippen MR) is 58.0 cm³/mol. The van der Waals surface area contributed by atoms with Crippen molar-refractivity contribution >= 4 is 0 Å². The third-order valence-electron chi connectivity index (χ3n) is 3.06. The van der Waals surface area contributed by atoms with Crippen LogP contribution in [0.15, 0.2) is 12.7 Å². The smallest absolute Gasteiger partial charge is 0.161 e. The van der Waals surface area contributed by atoms with Crippen molar-refractivity contribution < 1.29 is 9.47 Å². The van der Waals surface area contributed by atoms with Crippen molar-refractivity contribution in [2.75, 3.05) is 0 Å². The highest BCUT2D eigenvalue weighted by atomic mass is 16.7. The fourth-order valence-electron chi connectivity index (χ4n) is 1.98. The average molecular weight is 198 g/mol. The van der Waals surface area contributed by atoms with Gasteiger partial charge in [0.05, 0.1) is 6.10 Å². The monoisotopic (exact) mass is 198 g/mol. The van der Waals surface area contributed by atoms with Crippen LogP contribution in [0.5, 0.6) is 0 Å². The molecule has 2 heteroatoms. The molecule has 0 aromatic rings. The minimum Gasteiger partial charge on any atom is -0.346 e. The first-order chi connectivity index (χ1) is 6.44. The quantitative estimate of drug-likeness (QED) is 0.649. The van der Waals surface area contributed by atoms with Gasteiger partial charge in [0.2, 0.25) is 0 Å². The van der Waals surface area contributed by atoms with Gasteiger partial charge in [-0.05, 0) is 12.8 Å². The van der Waals surface area contributed by atoms with Gasteiger partial charge in [-0.3, -0.25) is 0 Å². The van der Waals surface area contributed by atoms with E-state index in [1.165, 1.54) is 0 Å². The zero-order valence-electron chi connectivity index (χ0n) is 9.91. The minimum absolute atomic E-state index is 0.0902. The van der Waals surface area contributed by atoms with Crippen LogP contribution in [0.25, 0.3) is 0 Å². The van der Waals surface area contributed by atoms with Gasteiger partial charge in [0.15, 0.2) is 6.29 Å². The van der Waals surface area contributed by atoms with Crippen molar-refractivity contribution in [1.29, 1.82) is 0 Å². The summed E-state index contributed by atoms with van der Waals surface area (Å²) < 4.78 is 11.8. The SMILES string of the molecule is C=C[C@]1(C(C)C)O[C@@H](C(C)C)O[C@H]1C. The van der Waals surface area contributed by atoms with Crippen molar-refractivity contribution in [2.24, 2.45) is 11.8 Å². The Labute approximate surface area is 87.3 Å². The molecule has 82 valence electrons. The number of rotatable bonds is 3. The highest BCUT2D eigenvalue weighted by Crippen LogP contribution is 2.39. The molecule has 0 radical (unpaired) electrons. The predicted octanol–water partition coefficient (Wildman–Crippen LogP) is 2.98. The van der Waals surface area contributed by atoms with Gasteiger partial charge in [-0.1, -0.05) is 33.8 Å². The lowest BCUT2D eigenvalue weighted by molar-refractivity contribution is -0.113. The van der Waals surface area contributed by atoms with E-state index >= 15 is 0 Å². The first-order valence-corrected chi connectivity index (χ1v) is 5.41. The zero-order chi connectivity index (χ0) is 10.9. The van der Waals surface area contributed by atoms with E-state index in [1.807, 2.05) is 6.08 Å². The molecule has 2 nitrogen and oxygen atoms in total. The Morgan fingerprint density at radius 1 is 1.29 bits per heavy atom. The molecular weight excluding hydrogens is 176 g/mol. The van der Waals surface area contributed by atoms with Gasteiger partial charge in [-0.15, -0.1) is 6.58 Å². The lowest BCUT2D eigenvalue weighted by atomic mass is 9.86. The van der Waals surface area contributed by atoms with Crippen LogP contribution in [0, 0.1) is 11.8 Å². The van der Waals surface area contributed by atoms with Crippen molar-refractivity contribution in [3.63, 3.8) is 0 Å². The average Bonchev–Trinajstić information content (AvgIpc) is 2.44. The molecule has 1 aliphatic heterocycles. The Hall–Kier alpha value is -0.340. The molecule has 0 saturated carbocycles. The van der Waals surface area contributed by atoms with Crippen LogP contribution < -0.4 is 0 Å². The molecule has 0 amide bonds. The summed E-state index contributed by atoms with van der Waals surface area (Å²) in [7, 11) is 0. The second-order valence-corrected chi connectivity index (χ2v) is 4.72. The van der Waals surface area contributed by atoms with Crippen LogP contribution in [0.2, 0.25) is 0 Å². The van der Waals surface area contributed by atoms with Crippen molar-refractivity contribution in [3.05, 3.63) is 12.7 Å². The van der Waals surface area contributed by atoms with Gasteiger partial charge in [-0.2, -0.15) is 0 Å². The van der Waals surface area contributed by atoms with Gasteiger partial charge in [0.25, 0.3) is 0 Å². The molecular formula is C12H22O2. The van der Waals surface area contributed by atoms with E-state index in [0.717, 1.165) is 0 Å². The molecule has 0 aromatic carbocycles. The Kier molecular flexibility index (Phi) is 3.38. The molecule has 0 aliphatic carbocycles. The summed E-state index contributed by atoms with van der Waals surface area (Å²) in [6, 6.07) is 0. The van der Waals surface area contributed by atoms with Crippen LogP contribution in [0.3, 0.4) is 0 Å². The maximum atomic E-state index is 5.99. The number of hydrogen-bond acceptors (Lipinski definition) is 2. The van der Waals surface area contributed by atoms with Gasteiger partial charge in [0, 0.05) is 5.92 Å². The standard InChI is InChI=1S/C12H22O2/c1-7-12(9(4)5)10(6)13-11(14-12)8(2)3/h7-11H,1H2,2-6H3/t10-,11-,12+/m0/s1. The van der Waals surface area contributed by atoms with Crippen molar-refractivity contribution in [2.45, 2.75) is 52.6 Å². The minimum atomic E-state index is -0.311. The highest BCUT2D eigenvalue weighted by molar-refractivity contribution is 5.07. The van der Waals surface area contributed by atoms with E-state index in [-0.39, 0.29) is 18.0 Å². The Bertz CT molecular complexity index is 210. The molecule has 0 aromatic heterocycles. The molecule has 1 saturated heterocycles. The van der Waals surface area contributed by atoms with Crippen LogP contribution in [-0.2, 0) is 9.47 Å². The van der Waals surface area contributed by atoms with E-state index < -0.39 is 0 Å². The normalized spacial score (nSPS) is 38.2. The summed E-state index contributed by atoms with van der Waals surface area (Å²) in [5.74, 6) is 0.775. The van der Waals surface area contributed by atoms with E-state index in [9.17, 15) is 0 Å².